The van der Waals surface area contributed by atoms with Crippen LogP contribution in [0.1, 0.15) is 30.9 Å². The highest BCUT2D eigenvalue weighted by molar-refractivity contribution is 5.99. The molecule has 114 valence electrons. The van der Waals surface area contributed by atoms with Crippen molar-refractivity contribution < 1.29 is 9.53 Å². The number of nitriles is 1. The van der Waals surface area contributed by atoms with E-state index < -0.39 is 5.92 Å². The van der Waals surface area contributed by atoms with Crippen molar-refractivity contribution in [3.05, 3.63) is 58.8 Å². The maximum Gasteiger partial charge on any atom is 0.205 e. The van der Waals surface area contributed by atoms with Crippen LogP contribution >= 0.6 is 0 Å². The number of carbonyl (C=O) groups excluding carboxylic acids is 1. The lowest BCUT2D eigenvalue weighted by Crippen LogP contribution is -2.27. The Morgan fingerprint density at radius 2 is 2.13 bits per heavy atom. The zero-order valence-corrected chi connectivity index (χ0v) is 12.4. The Morgan fingerprint density at radius 1 is 1.30 bits per heavy atom. The van der Waals surface area contributed by atoms with Gasteiger partial charge in [0, 0.05) is 29.6 Å². The van der Waals surface area contributed by atoms with Crippen molar-refractivity contribution in [3.8, 4) is 6.07 Å². The first-order valence-corrected chi connectivity index (χ1v) is 7.60. The molecule has 1 aromatic heterocycles. The number of ketones is 1. The first-order valence-electron chi connectivity index (χ1n) is 7.60. The van der Waals surface area contributed by atoms with E-state index in [9.17, 15) is 10.1 Å². The van der Waals surface area contributed by atoms with Crippen molar-refractivity contribution in [1.82, 2.24) is 4.98 Å². The minimum absolute atomic E-state index is 0.0372. The van der Waals surface area contributed by atoms with Crippen LogP contribution in [0.3, 0.4) is 0 Å². The SMILES string of the molecule is N#CC1=C(N)OC2=C(C(=O)CCC2)C1c1cc2ccccc2[nH]1. The number of rotatable bonds is 1. The molecule has 0 spiro atoms. The van der Waals surface area contributed by atoms with E-state index in [1.807, 2.05) is 30.3 Å². The molecule has 1 unspecified atom stereocenters. The van der Waals surface area contributed by atoms with Crippen LogP contribution in [0.25, 0.3) is 10.9 Å². The number of ether oxygens (including phenoxy) is 1. The number of carbonyl (C=O) groups is 1. The lowest BCUT2D eigenvalue weighted by Gasteiger charge is -2.30. The van der Waals surface area contributed by atoms with Gasteiger partial charge in [0.15, 0.2) is 5.78 Å². The predicted octanol–water partition coefficient (Wildman–Crippen LogP) is 2.98. The summed E-state index contributed by atoms with van der Waals surface area (Å²) in [6.07, 6.45) is 1.92. The van der Waals surface area contributed by atoms with Gasteiger partial charge < -0.3 is 15.5 Å². The standard InChI is InChI=1S/C18H15N3O2/c19-9-11-16(13-8-10-4-1-2-5-12(10)21-13)17-14(22)6-3-7-15(17)23-18(11)20/h1-2,4-5,8,16,21H,3,6-7,20H2. The first-order chi connectivity index (χ1) is 11.2. The Kier molecular flexibility index (Phi) is 2.98. The summed E-state index contributed by atoms with van der Waals surface area (Å²) in [4.78, 5) is 15.8. The highest BCUT2D eigenvalue weighted by Crippen LogP contribution is 2.43. The van der Waals surface area contributed by atoms with E-state index in [0.29, 0.717) is 29.7 Å². The number of nitrogens with zero attached hydrogens (tertiary/aromatic N) is 1. The van der Waals surface area contributed by atoms with Crippen LogP contribution in [-0.2, 0) is 9.53 Å². The number of para-hydroxylation sites is 1. The monoisotopic (exact) mass is 305 g/mol. The highest BCUT2D eigenvalue weighted by atomic mass is 16.5. The van der Waals surface area contributed by atoms with Crippen LogP contribution in [0, 0.1) is 11.3 Å². The summed E-state index contributed by atoms with van der Waals surface area (Å²) in [5.41, 5.74) is 8.58. The molecule has 1 aliphatic heterocycles. The van der Waals surface area contributed by atoms with Gasteiger partial charge in [0.05, 0.1) is 5.92 Å². The average molecular weight is 305 g/mol. The number of hydrogen-bond acceptors (Lipinski definition) is 4. The van der Waals surface area contributed by atoms with Gasteiger partial charge in [-0.05, 0) is 23.9 Å². The van der Waals surface area contributed by atoms with E-state index in [1.165, 1.54) is 0 Å². The van der Waals surface area contributed by atoms with Gasteiger partial charge in [0.2, 0.25) is 5.88 Å². The second kappa shape index (κ2) is 5.03. The van der Waals surface area contributed by atoms with Gasteiger partial charge in [0.1, 0.15) is 17.4 Å². The smallest absolute Gasteiger partial charge is 0.205 e. The maximum atomic E-state index is 12.5. The first kappa shape index (κ1) is 13.6. The molecular formula is C18H15N3O2. The van der Waals surface area contributed by atoms with E-state index in [-0.39, 0.29) is 11.7 Å². The number of benzene rings is 1. The van der Waals surface area contributed by atoms with Crippen molar-refractivity contribution in [1.29, 1.82) is 5.26 Å². The number of H-pyrrole nitrogens is 1. The van der Waals surface area contributed by atoms with E-state index in [4.69, 9.17) is 10.5 Å². The molecule has 3 N–H and O–H groups in total. The molecule has 5 heteroatoms. The van der Waals surface area contributed by atoms with Crippen molar-refractivity contribution >= 4 is 16.7 Å². The van der Waals surface area contributed by atoms with Crippen molar-refractivity contribution in [3.63, 3.8) is 0 Å². The van der Waals surface area contributed by atoms with Crippen molar-refractivity contribution in [2.24, 2.45) is 5.73 Å². The largest absolute Gasteiger partial charge is 0.444 e. The van der Waals surface area contributed by atoms with Crippen LogP contribution in [-0.4, -0.2) is 10.8 Å². The molecule has 1 aromatic carbocycles. The quantitative estimate of drug-likeness (QED) is 0.847. The Balaban J connectivity index is 1.94. The number of hydrogen-bond donors (Lipinski definition) is 2. The predicted molar refractivity (Wildman–Crippen MR) is 84.8 cm³/mol. The topological polar surface area (TPSA) is 91.9 Å². The van der Waals surface area contributed by atoms with Gasteiger partial charge >= 0.3 is 0 Å². The van der Waals surface area contributed by atoms with Crippen molar-refractivity contribution in [2.45, 2.75) is 25.2 Å². The number of fused-ring (bicyclic) bond motifs is 1. The second-order valence-corrected chi connectivity index (χ2v) is 5.85. The molecule has 0 bridgehead atoms. The van der Waals surface area contributed by atoms with Crippen LogP contribution < -0.4 is 5.73 Å². The van der Waals surface area contributed by atoms with Crippen LogP contribution in [0.4, 0.5) is 0 Å². The molecule has 2 heterocycles. The number of Topliss-reactive ketones (excluding diaryl/α,β-unsaturated/α-hetero) is 1. The van der Waals surface area contributed by atoms with Gasteiger partial charge in [-0.15, -0.1) is 0 Å². The molecule has 5 nitrogen and oxygen atoms in total. The van der Waals surface area contributed by atoms with E-state index in [2.05, 4.69) is 11.1 Å². The third kappa shape index (κ3) is 2.03. The summed E-state index contributed by atoms with van der Waals surface area (Å²) < 4.78 is 5.57. The number of nitrogens with two attached hydrogens (primary N) is 1. The molecule has 1 atom stereocenters. The van der Waals surface area contributed by atoms with E-state index in [1.54, 1.807) is 0 Å². The maximum absolute atomic E-state index is 12.5. The van der Waals surface area contributed by atoms with Crippen LogP contribution in [0.15, 0.2) is 53.1 Å². The van der Waals surface area contributed by atoms with E-state index in [0.717, 1.165) is 23.0 Å². The molecule has 0 fully saturated rings. The molecule has 0 amide bonds. The molecule has 4 rings (SSSR count). The molecule has 1 aliphatic carbocycles. The lowest BCUT2D eigenvalue weighted by molar-refractivity contribution is -0.116. The summed E-state index contributed by atoms with van der Waals surface area (Å²) in [6, 6.07) is 12.0. The summed E-state index contributed by atoms with van der Waals surface area (Å²) in [7, 11) is 0. The third-order valence-corrected chi connectivity index (χ3v) is 4.47. The molecule has 2 aliphatic rings. The zero-order valence-electron chi connectivity index (χ0n) is 12.4. The third-order valence-electron chi connectivity index (χ3n) is 4.47. The normalized spacial score (nSPS) is 21.2. The van der Waals surface area contributed by atoms with E-state index >= 15 is 0 Å². The van der Waals surface area contributed by atoms with Crippen LogP contribution in [0.2, 0.25) is 0 Å². The lowest BCUT2D eigenvalue weighted by atomic mass is 9.79. The molecule has 0 saturated heterocycles. The minimum Gasteiger partial charge on any atom is -0.444 e. The Labute approximate surface area is 133 Å². The number of aromatic amines is 1. The highest BCUT2D eigenvalue weighted by Gasteiger charge is 2.38. The van der Waals surface area contributed by atoms with Gasteiger partial charge in [-0.2, -0.15) is 5.26 Å². The number of nitrogens with one attached hydrogen (secondary N) is 1. The summed E-state index contributed by atoms with van der Waals surface area (Å²) in [5, 5.41) is 10.6. The van der Waals surface area contributed by atoms with Gasteiger partial charge in [-0.3, -0.25) is 4.79 Å². The fourth-order valence-electron chi connectivity index (χ4n) is 3.42. The molecule has 2 aromatic rings. The Morgan fingerprint density at radius 3 is 2.91 bits per heavy atom. The van der Waals surface area contributed by atoms with Gasteiger partial charge in [0.25, 0.3) is 0 Å². The van der Waals surface area contributed by atoms with Crippen LogP contribution in [0.5, 0.6) is 0 Å². The fraction of sp³-hybridized carbons (Fsp3) is 0.222. The number of aromatic nitrogens is 1. The van der Waals surface area contributed by atoms with Gasteiger partial charge in [-0.25, -0.2) is 0 Å². The Hall–Kier alpha value is -3.00. The minimum atomic E-state index is -0.469. The molecule has 0 radical (unpaired) electrons. The fourth-order valence-corrected chi connectivity index (χ4v) is 3.42. The second-order valence-electron chi connectivity index (χ2n) is 5.85. The van der Waals surface area contributed by atoms with Crippen molar-refractivity contribution in [2.75, 3.05) is 0 Å². The van der Waals surface area contributed by atoms with Gasteiger partial charge in [-0.1, -0.05) is 18.2 Å². The molecule has 0 saturated carbocycles. The summed E-state index contributed by atoms with van der Waals surface area (Å²) in [6.45, 7) is 0. The zero-order chi connectivity index (χ0) is 16.0. The molecule has 23 heavy (non-hydrogen) atoms. The summed E-state index contributed by atoms with van der Waals surface area (Å²) >= 11 is 0. The number of allylic oxidation sites excluding steroid dienone is 3. The molecular weight excluding hydrogens is 290 g/mol. The Bertz CT molecular complexity index is 894. The average Bonchev–Trinajstić information content (AvgIpc) is 2.97. The summed E-state index contributed by atoms with van der Waals surface area (Å²) in [5.74, 6) is 0.283.